The van der Waals surface area contributed by atoms with Crippen LogP contribution in [0.5, 0.6) is 5.75 Å². The van der Waals surface area contributed by atoms with Crippen LogP contribution in [0.25, 0.3) is 0 Å². The van der Waals surface area contributed by atoms with Crippen molar-refractivity contribution in [3.63, 3.8) is 0 Å². The quantitative estimate of drug-likeness (QED) is 0.505. The highest BCUT2D eigenvalue weighted by Gasteiger charge is 2.27. The smallest absolute Gasteiger partial charge is 0.412 e. The number of benzene rings is 1. The summed E-state index contributed by atoms with van der Waals surface area (Å²) in [5.41, 5.74) is 1.07. The normalized spacial score (nSPS) is 12.1. The first-order valence-electron chi connectivity index (χ1n) is 11.2. The van der Waals surface area contributed by atoms with Crippen molar-refractivity contribution in [2.24, 2.45) is 5.92 Å². The van der Waals surface area contributed by atoms with E-state index in [0.29, 0.717) is 29.1 Å². The Bertz CT molecular complexity index is 1030. The third kappa shape index (κ3) is 7.86. The van der Waals surface area contributed by atoms with E-state index in [2.05, 4.69) is 10.3 Å². The number of esters is 1. The molecule has 8 nitrogen and oxygen atoms in total. The van der Waals surface area contributed by atoms with Crippen LogP contribution in [0.4, 0.5) is 10.5 Å². The van der Waals surface area contributed by atoms with Crippen molar-refractivity contribution in [1.82, 2.24) is 4.98 Å². The average molecular weight is 471 g/mol. The van der Waals surface area contributed by atoms with E-state index in [-0.39, 0.29) is 23.8 Å². The number of aromatic nitrogens is 1. The van der Waals surface area contributed by atoms with E-state index in [4.69, 9.17) is 14.2 Å². The minimum absolute atomic E-state index is 0.00215. The Balaban J connectivity index is 2.50. The topological polar surface area (TPSA) is 104 Å². The van der Waals surface area contributed by atoms with E-state index in [1.54, 1.807) is 57.2 Å². The molecule has 0 aliphatic carbocycles. The SMILES string of the molecule is COC(=O)c1cccc(CC(C(=O)CC(C)C)c2ccc(OC)cc2NC(=O)OC(C)(C)C)n1. The first-order valence-corrected chi connectivity index (χ1v) is 11.2. The number of ether oxygens (including phenoxy) is 3. The minimum Gasteiger partial charge on any atom is -0.497 e. The standard InChI is InChI=1S/C26H34N2O6/c1-16(2)13-23(29)20(14-17-9-8-10-21(27-17)24(30)33-7)19-12-11-18(32-6)15-22(19)28-25(31)34-26(3,4)5/h8-12,15-16,20H,13-14H2,1-7H3,(H,28,31). The largest absolute Gasteiger partial charge is 0.497 e. The summed E-state index contributed by atoms with van der Waals surface area (Å²) in [5, 5.41) is 2.77. The summed E-state index contributed by atoms with van der Waals surface area (Å²) < 4.78 is 15.5. The maximum atomic E-state index is 13.4. The van der Waals surface area contributed by atoms with Crippen molar-refractivity contribution in [1.29, 1.82) is 0 Å². The lowest BCUT2D eigenvalue weighted by molar-refractivity contribution is -0.121. The number of Topliss-reactive ketones (excluding diaryl/α,β-unsaturated/α-hetero) is 1. The molecule has 1 aromatic carbocycles. The van der Waals surface area contributed by atoms with Gasteiger partial charge in [0.25, 0.3) is 0 Å². The minimum atomic E-state index is -0.686. The lowest BCUT2D eigenvalue weighted by Gasteiger charge is -2.23. The molecule has 0 radical (unpaired) electrons. The molecule has 0 aliphatic heterocycles. The summed E-state index contributed by atoms with van der Waals surface area (Å²) in [5.74, 6) is -0.500. The fourth-order valence-electron chi connectivity index (χ4n) is 3.45. The predicted octanol–water partition coefficient (Wildman–Crippen LogP) is 5.17. The van der Waals surface area contributed by atoms with Gasteiger partial charge in [0, 0.05) is 24.6 Å². The number of ketones is 1. The van der Waals surface area contributed by atoms with Crippen LogP contribution < -0.4 is 10.1 Å². The molecule has 1 N–H and O–H groups in total. The maximum absolute atomic E-state index is 13.4. The van der Waals surface area contributed by atoms with Crippen LogP contribution in [0.1, 0.15) is 68.7 Å². The molecule has 184 valence electrons. The van der Waals surface area contributed by atoms with Crippen LogP contribution in [-0.2, 0) is 20.7 Å². The van der Waals surface area contributed by atoms with Gasteiger partial charge in [0.1, 0.15) is 22.8 Å². The Labute approximate surface area is 201 Å². The summed E-state index contributed by atoms with van der Waals surface area (Å²) in [4.78, 5) is 42.2. The number of nitrogens with zero attached hydrogens (tertiary/aromatic N) is 1. The second kappa shape index (κ2) is 11.6. The molecule has 34 heavy (non-hydrogen) atoms. The van der Waals surface area contributed by atoms with Gasteiger partial charge in [-0.1, -0.05) is 26.0 Å². The molecule has 2 rings (SSSR count). The van der Waals surface area contributed by atoms with Crippen molar-refractivity contribution in [3.8, 4) is 5.75 Å². The highest BCUT2D eigenvalue weighted by Crippen LogP contribution is 2.33. The monoisotopic (exact) mass is 470 g/mol. The zero-order valence-electron chi connectivity index (χ0n) is 20.9. The van der Waals surface area contributed by atoms with Crippen molar-refractivity contribution in [3.05, 3.63) is 53.3 Å². The number of hydrogen-bond donors (Lipinski definition) is 1. The van der Waals surface area contributed by atoms with Gasteiger partial charge in [-0.05, 0) is 50.5 Å². The summed E-state index contributed by atoms with van der Waals surface area (Å²) >= 11 is 0. The first kappa shape index (κ1) is 26.8. The Hall–Kier alpha value is -3.42. The van der Waals surface area contributed by atoms with Gasteiger partial charge in [-0.2, -0.15) is 0 Å². The molecule has 1 atom stereocenters. The maximum Gasteiger partial charge on any atom is 0.412 e. The van der Waals surface area contributed by atoms with Gasteiger partial charge in [-0.3, -0.25) is 10.1 Å². The Morgan fingerprint density at radius 1 is 1.06 bits per heavy atom. The molecule has 2 aromatic rings. The third-order valence-corrected chi connectivity index (χ3v) is 4.88. The average Bonchev–Trinajstić information content (AvgIpc) is 2.75. The molecule has 8 heteroatoms. The fraction of sp³-hybridized carbons (Fsp3) is 0.462. The van der Waals surface area contributed by atoms with Crippen molar-refractivity contribution >= 4 is 23.5 Å². The lowest BCUT2D eigenvalue weighted by Crippen LogP contribution is -2.28. The molecule has 0 saturated carbocycles. The molecule has 0 bridgehead atoms. The Morgan fingerprint density at radius 2 is 1.76 bits per heavy atom. The van der Waals surface area contributed by atoms with Crippen LogP contribution in [0, 0.1) is 5.92 Å². The number of carbonyl (C=O) groups excluding carboxylic acids is 3. The van der Waals surface area contributed by atoms with E-state index in [0.717, 1.165) is 0 Å². The first-order chi connectivity index (χ1) is 15.9. The van der Waals surface area contributed by atoms with Crippen molar-refractivity contribution in [2.75, 3.05) is 19.5 Å². The number of pyridine rings is 1. The number of amides is 1. The molecule has 1 aromatic heterocycles. The summed E-state index contributed by atoms with van der Waals surface area (Å²) in [7, 11) is 2.81. The second-order valence-electron chi connectivity index (χ2n) is 9.41. The van der Waals surface area contributed by atoms with Gasteiger partial charge in [0.05, 0.1) is 25.8 Å². The van der Waals surface area contributed by atoms with Gasteiger partial charge < -0.3 is 14.2 Å². The summed E-state index contributed by atoms with van der Waals surface area (Å²) in [6.45, 7) is 9.26. The molecule has 0 spiro atoms. The van der Waals surface area contributed by atoms with Gasteiger partial charge in [-0.25, -0.2) is 14.6 Å². The number of anilines is 1. The van der Waals surface area contributed by atoms with Gasteiger partial charge in [0.15, 0.2) is 0 Å². The van der Waals surface area contributed by atoms with Crippen LogP contribution >= 0.6 is 0 Å². The summed E-state index contributed by atoms with van der Waals surface area (Å²) in [6, 6.07) is 10.2. The number of hydrogen-bond acceptors (Lipinski definition) is 7. The highest BCUT2D eigenvalue weighted by molar-refractivity contribution is 5.92. The van der Waals surface area contributed by atoms with Crippen LogP contribution in [0.15, 0.2) is 36.4 Å². The number of methoxy groups -OCH3 is 2. The van der Waals surface area contributed by atoms with E-state index >= 15 is 0 Å². The molecule has 0 saturated heterocycles. The molecule has 1 amide bonds. The van der Waals surface area contributed by atoms with E-state index in [9.17, 15) is 14.4 Å². The third-order valence-electron chi connectivity index (χ3n) is 4.88. The number of nitrogens with one attached hydrogen (secondary N) is 1. The molecular formula is C26H34N2O6. The molecular weight excluding hydrogens is 436 g/mol. The Morgan fingerprint density at radius 3 is 2.35 bits per heavy atom. The lowest BCUT2D eigenvalue weighted by atomic mass is 9.85. The van der Waals surface area contributed by atoms with Gasteiger partial charge in [-0.15, -0.1) is 0 Å². The van der Waals surface area contributed by atoms with Gasteiger partial charge >= 0.3 is 12.1 Å². The van der Waals surface area contributed by atoms with Crippen molar-refractivity contribution in [2.45, 2.75) is 59.0 Å². The number of carbonyl (C=O) groups is 3. The zero-order valence-corrected chi connectivity index (χ0v) is 20.9. The number of rotatable bonds is 9. The highest BCUT2D eigenvalue weighted by atomic mass is 16.6. The second-order valence-corrected chi connectivity index (χ2v) is 9.41. The van der Waals surface area contributed by atoms with Crippen LogP contribution in [0.3, 0.4) is 0 Å². The molecule has 0 aliphatic rings. The molecule has 0 fully saturated rings. The van der Waals surface area contributed by atoms with E-state index in [1.807, 2.05) is 13.8 Å². The molecule has 1 heterocycles. The zero-order chi connectivity index (χ0) is 25.5. The Kier molecular flexibility index (Phi) is 9.18. The summed E-state index contributed by atoms with van der Waals surface area (Å²) in [6.07, 6.45) is -0.0480. The van der Waals surface area contributed by atoms with E-state index < -0.39 is 23.6 Å². The van der Waals surface area contributed by atoms with E-state index in [1.165, 1.54) is 14.2 Å². The fourth-order valence-corrected chi connectivity index (χ4v) is 3.45. The van der Waals surface area contributed by atoms with Crippen LogP contribution in [0.2, 0.25) is 0 Å². The van der Waals surface area contributed by atoms with Gasteiger partial charge in [0.2, 0.25) is 0 Å². The molecule has 1 unspecified atom stereocenters. The van der Waals surface area contributed by atoms with Crippen LogP contribution in [-0.4, -0.2) is 42.7 Å². The van der Waals surface area contributed by atoms with Crippen molar-refractivity contribution < 1.29 is 28.6 Å². The predicted molar refractivity (Wildman–Crippen MR) is 129 cm³/mol.